The fraction of sp³-hybridized carbons (Fsp3) is 0.200. The maximum absolute atomic E-state index is 6.23. The fourth-order valence-electron chi connectivity index (χ4n) is 2.07. The molecule has 0 saturated carbocycles. The van der Waals surface area contributed by atoms with E-state index in [2.05, 4.69) is 34.1 Å². The fourth-order valence-corrected chi connectivity index (χ4v) is 2.81. The second-order valence-electron chi connectivity index (χ2n) is 4.29. The number of hydrogen-bond donors (Lipinski definition) is 1. The van der Waals surface area contributed by atoms with Crippen molar-refractivity contribution in [1.29, 1.82) is 0 Å². The molecule has 0 bridgehead atoms. The molecule has 0 fully saturated rings. The van der Waals surface area contributed by atoms with Gasteiger partial charge in [0.15, 0.2) is 0 Å². The van der Waals surface area contributed by atoms with Crippen LogP contribution in [0.5, 0.6) is 0 Å². The van der Waals surface area contributed by atoms with E-state index in [1.165, 1.54) is 5.56 Å². The van der Waals surface area contributed by atoms with Gasteiger partial charge in [-0.2, -0.15) is 0 Å². The molecule has 2 rings (SSSR count). The highest BCUT2D eigenvalue weighted by Crippen LogP contribution is 2.27. The van der Waals surface area contributed by atoms with Gasteiger partial charge in [-0.15, -0.1) is 0 Å². The van der Waals surface area contributed by atoms with E-state index in [-0.39, 0.29) is 5.92 Å². The van der Waals surface area contributed by atoms with Crippen LogP contribution in [0.1, 0.15) is 17.0 Å². The third kappa shape index (κ3) is 3.35. The molecule has 3 heteroatoms. The normalized spacial score (nSPS) is 12.4. The van der Waals surface area contributed by atoms with Crippen LogP contribution < -0.4 is 5.73 Å². The van der Waals surface area contributed by atoms with Gasteiger partial charge < -0.3 is 5.73 Å². The number of rotatable bonds is 4. The molecule has 2 aromatic rings. The predicted molar refractivity (Wildman–Crippen MR) is 81.1 cm³/mol. The Morgan fingerprint density at radius 1 is 1.11 bits per heavy atom. The molecule has 0 aliphatic carbocycles. The van der Waals surface area contributed by atoms with Crippen LogP contribution in [-0.2, 0) is 6.42 Å². The minimum atomic E-state index is 0.257. The van der Waals surface area contributed by atoms with Gasteiger partial charge in [0.1, 0.15) is 0 Å². The lowest BCUT2D eigenvalue weighted by atomic mass is 9.92. The van der Waals surface area contributed by atoms with Crippen molar-refractivity contribution in [3.63, 3.8) is 0 Å². The van der Waals surface area contributed by atoms with E-state index in [4.69, 9.17) is 17.3 Å². The Morgan fingerprint density at radius 2 is 1.89 bits per heavy atom. The first-order valence-corrected chi connectivity index (χ1v) is 7.06. The van der Waals surface area contributed by atoms with Gasteiger partial charge in [0.05, 0.1) is 0 Å². The molecular formula is C15H15BrClN. The van der Waals surface area contributed by atoms with Gasteiger partial charge in [0.25, 0.3) is 0 Å². The molecule has 0 spiro atoms. The van der Waals surface area contributed by atoms with Gasteiger partial charge in [-0.05, 0) is 42.3 Å². The summed E-state index contributed by atoms with van der Waals surface area (Å²) < 4.78 is 1.09. The van der Waals surface area contributed by atoms with Crippen LogP contribution in [0, 0.1) is 0 Å². The van der Waals surface area contributed by atoms with Crippen LogP contribution in [0.15, 0.2) is 53.0 Å². The maximum atomic E-state index is 6.23. The molecular weight excluding hydrogens is 310 g/mol. The van der Waals surface area contributed by atoms with Gasteiger partial charge in [-0.25, -0.2) is 0 Å². The molecule has 2 aromatic carbocycles. The minimum Gasteiger partial charge on any atom is -0.330 e. The Morgan fingerprint density at radius 3 is 2.56 bits per heavy atom. The van der Waals surface area contributed by atoms with Crippen molar-refractivity contribution in [1.82, 2.24) is 0 Å². The standard InChI is InChI=1S/C15H15BrClN/c16-13-5-3-4-11(9-13)8-12(10-18)14-6-1-2-7-15(14)17/h1-7,9,12H,8,10,18H2. The predicted octanol–water partition coefficient (Wildman–Crippen LogP) is 4.39. The molecule has 0 radical (unpaired) electrons. The lowest BCUT2D eigenvalue weighted by molar-refractivity contribution is 0.694. The first-order chi connectivity index (χ1) is 8.70. The summed E-state index contributed by atoms with van der Waals surface area (Å²) in [4.78, 5) is 0. The third-order valence-corrected chi connectivity index (χ3v) is 3.84. The highest BCUT2D eigenvalue weighted by molar-refractivity contribution is 9.10. The molecule has 0 heterocycles. The van der Waals surface area contributed by atoms with Gasteiger partial charge in [0, 0.05) is 15.4 Å². The molecule has 0 aromatic heterocycles. The van der Waals surface area contributed by atoms with Crippen molar-refractivity contribution in [3.05, 3.63) is 69.2 Å². The molecule has 1 atom stereocenters. The average molecular weight is 325 g/mol. The summed E-state index contributed by atoms with van der Waals surface area (Å²) in [6.45, 7) is 0.593. The van der Waals surface area contributed by atoms with E-state index in [1.807, 2.05) is 30.3 Å². The molecule has 94 valence electrons. The number of hydrogen-bond acceptors (Lipinski definition) is 1. The minimum absolute atomic E-state index is 0.257. The molecule has 0 saturated heterocycles. The van der Waals surface area contributed by atoms with Crippen LogP contribution in [0.25, 0.3) is 0 Å². The number of benzene rings is 2. The zero-order valence-corrected chi connectivity index (χ0v) is 12.3. The van der Waals surface area contributed by atoms with Crippen LogP contribution in [-0.4, -0.2) is 6.54 Å². The van der Waals surface area contributed by atoms with Crippen LogP contribution in [0.2, 0.25) is 5.02 Å². The third-order valence-electron chi connectivity index (χ3n) is 3.00. The second kappa shape index (κ2) is 6.37. The van der Waals surface area contributed by atoms with E-state index >= 15 is 0 Å². The van der Waals surface area contributed by atoms with Crippen molar-refractivity contribution in [2.45, 2.75) is 12.3 Å². The Labute approximate surface area is 121 Å². The summed E-state index contributed by atoms with van der Waals surface area (Å²) in [5.41, 5.74) is 8.28. The van der Waals surface area contributed by atoms with Gasteiger partial charge in [-0.1, -0.05) is 57.9 Å². The Bertz CT molecular complexity index is 527. The topological polar surface area (TPSA) is 26.0 Å². The van der Waals surface area contributed by atoms with Crippen molar-refractivity contribution < 1.29 is 0 Å². The Kier molecular flexibility index (Phi) is 4.81. The van der Waals surface area contributed by atoms with E-state index in [0.717, 1.165) is 21.5 Å². The summed E-state index contributed by atoms with van der Waals surface area (Å²) in [5, 5.41) is 0.794. The summed E-state index contributed by atoms with van der Waals surface area (Å²) >= 11 is 9.72. The van der Waals surface area contributed by atoms with Crippen LogP contribution in [0.4, 0.5) is 0 Å². The van der Waals surface area contributed by atoms with Gasteiger partial charge >= 0.3 is 0 Å². The average Bonchev–Trinajstić information content (AvgIpc) is 2.37. The smallest absolute Gasteiger partial charge is 0.0441 e. The Hall–Kier alpha value is -0.830. The molecule has 1 unspecified atom stereocenters. The first-order valence-electron chi connectivity index (χ1n) is 5.89. The highest BCUT2D eigenvalue weighted by Gasteiger charge is 2.13. The van der Waals surface area contributed by atoms with Crippen LogP contribution >= 0.6 is 27.5 Å². The van der Waals surface area contributed by atoms with Gasteiger partial charge in [-0.3, -0.25) is 0 Å². The molecule has 18 heavy (non-hydrogen) atoms. The van der Waals surface area contributed by atoms with E-state index in [9.17, 15) is 0 Å². The van der Waals surface area contributed by atoms with Crippen molar-refractivity contribution in [2.75, 3.05) is 6.54 Å². The van der Waals surface area contributed by atoms with E-state index < -0.39 is 0 Å². The van der Waals surface area contributed by atoms with E-state index in [0.29, 0.717) is 6.54 Å². The zero-order chi connectivity index (χ0) is 13.0. The molecule has 1 nitrogen and oxygen atoms in total. The molecule has 0 aliphatic heterocycles. The number of halogens is 2. The molecule has 0 amide bonds. The highest BCUT2D eigenvalue weighted by atomic mass is 79.9. The quantitative estimate of drug-likeness (QED) is 0.887. The van der Waals surface area contributed by atoms with Crippen molar-refractivity contribution in [2.24, 2.45) is 5.73 Å². The lowest BCUT2D eigenvalue weighted by Gasteiger charge is -2.17. The summed E-state index contributed by atoms with van der Waals surface area (Å²) in [6.07, 6.45) is 0.902. The molecule has 2 N–H and O–H groups in total. The summed E-state index contributed by atoms with van der Waals surface area (Å²) in [6, 6.07) is 16.2. The monoisotopic (exact) mass is 323 g/mol. The first kappa shape index (κ1) is 13.6. The summed E-state index contributed by atoms with van der Waals surface area (Å²) in [5.74, 6) is 0.257. The van der Waals surface area contributed by atoms with Crippen molar-refractivity contribution in [3.8, 4) is 0 Å². The maximum Gasteiger partial charge on any atom is 0.0441 e. The Balaban J connectivity index is 2.23. The zero-order valence-electron chi connectivity index (χ0n) is 9.94. The summed E-state index contributed by atoms with van der Waals surface area (Å²) in [7, 11) is 0. The second-order valence-corrected chi connectivity index (χ2v) is 5.61. The molecule has 0 aliphatic rings. The van der Waals surface area contributed by atoms with Gasteiger partial charge in [0.2, 0.25) is 0 Å². The SMILES string of the molecule is NCC(Cc1cccc(Br)c1)c1ccccc1Cl. The van der Waals surface area contributed by atoms with E-state index in [1.54, 1.807) is 0 Å². The van der Waals surface area contributed by atoms with Crippen LogP contribution in [0.3, 0.4) is 0 Å². The largest absolute Gasteiger partial charge is 0.330 e. The lowest BCUT2D eigenvalue weighted by Crippen LogP contribution is -2.15. The van der Waals surface area contributed by atoms with Crippen molar-refractivity contribution >= 4 is 27.5 Å². The number of nitrogens with two attached hydrogens (primary N) is 1.